The van der Waals surface area contributed by atoms with Gasteiger partial charge in [0.15, 0.2) is 11.7 Å². The van der Waals surface area contributed by atoms with Crippen LogP contribution >= 0.6 is 0 Å². The Morgan fingerprint density at radius 3 is 1.96 bits per heavy atom. The van der Waals surface area contributed by atoms with Crippen LogP contribution in [-0.2, 0) is 22.5 Å². The number of carbonyl (C=O) groups is 1. The molecule has 1 amide bonds. The van der Waals surface area contributed by atoms with Crippen LogP contribution in [-0.4, -0.2) is 56.4 Å². The van der Waals surface area contributed by atoms with Crippen LogP contribution in [0.2, 0.25) is 22.2 Å². The van der Waals surface area contributed by atoms with Crippen LogP contribution in [0, 0.1) is 0 Å². The molecule has 2 aliphatic heterocycles. The number of nitrogens with zero attached hydrogens (tertiary/aromatic N) is 2. The molecule has 52 heavy (non-hydrogen) atoms. The summed E-state index contributed by atoms with van der Waals surface area (Å²) in [6.07, 6.45) is 16.9. The summed E-state index contributed by atoms with van der Waals surface area (Å²) in [7, 11) is -5.61. The minimum absolute atomic E-state index is 0.110. The van der Waals surface area contributed by atoms with Crippen molar-refractivity contribution in [3.8, 4) is 0 Å². The quantitative estimate of drug-likeness (QED) is 0.0784. The minimum atomic E-state index is -2.88. The molecule has 0 saturated carbocycles. The highest BCUT2D eigenvalue weighted by atomic mass is 28.5. The van der Waals surface area contributed by atoms with Gasteiger partial charge in [-0.2, -0.15) is 0 Å². The Hall–Kier alpha value is -2.10. The van der Waals surface area contributed by atoms with E-state index in [0.29, 0.717) is 24.4 Å². The number of rotatable bonds is 20. The van der Waals surface area contributed by atoms with E-state index in [1.807, 2.05) is 4.57 Å². The average molecular weight is 759 g/mol. The lowest BCUT2D eigenvalue weighted by molar-refractivity contribution is -0.116. The molecule has 0 aromatic carbocycles. The number of ether oxygens (including phenoxy) is 1. The standard InChI is InChI=1S/C40H70N4O6Si2/c1-11-12-13-14-15-16-17-18-19-20-21-22-23-24-36(45)42-35-25-33-37(39(46)43-35)41-27-44(33)40-32(10)38-34(48-40)26-47-51(28(2)3,29(4)5)50-52(49-38,30(6)7)31(8)9/h25,27-31,34,38,40H,10-24,26H2,1-9H3,(H2,42,43,45,46)/t34-,38+,40-/m1/s1. The topological polar surface area (TPSA) is 117 Å². The van der Waals surface area contributed by atoms with Gasteiger partial charge in [0.25, 0.3) is 5.56 Å². The van der Waals surface area contributed by atoms with Crippen molar-refractivity contribution in [1.29, 1.82) is 0 Å². The third-order valence-electron chi connectivity index (χ3n) is 11.3. The highest BCUT2D eigenvalue weighted by Crippen LogP contribution is 2.49. The lowest BCUT2D eigenvalue weighted by atomic mass is 10.0. The Morgan fingerprint density at radius 1 is 0.885 bits per heavy atom. The van der Waals surface area contributed by atoms with Gasteiger partial charge in [0, 0.05) is 18.1 Å². The zero-order chi connectivity index (χ0) is 38.1. The van der Waals surface area contributed by atoms with Crippen molar-refractivity contribution in [2.75, 3.05) is 11.9 Å². The fourth-order valence-electron chi connectivity index (χ4n) is 8.16. The number of aromatic amines is 1. The summed E-state index contributed by atoms with van der Waals surface area (Å²) in [5.74, 6) is 0.235. The second-order valence-electron chi connectivity index (χ2n) is 16.6. The number of amides is 1. The van der Waals surface area contributed by atoms with Gasteiger partial charge in [-0.3, -0.25) is 14.2 Å². The number of imidazole rings is 1. The number of hydrogen-bond donors (Lipinski definition) is 2. The molecule has 3 atom stereocenters. The average Bonchev–Trinajstić information content (AvgIpc) is 3.62. The molecule has 0 unspecified atom stereocenters. The predicted octanol–water partition coefficient (Wildman–Crippen LogP) is 10.6. The Labute approximate surface area is 315 Å². The summed E-state index contributed by atoms with van der Waals surface area (Å²) in [6.45, 7) is 24.7. The molecule has 2 aromatic rings. The van der Waals surface area contributed by atoms with E-state index in [4.69, 9.17) is 17.7 Å². The molecular formula is C40H70N4O6Si2. The van der Waals surface area contributed by atoms with E-state index in [1.165, 1.54) is 64.2 Å². The van der Waals surface area contributed by atoms with Gasteiger partial charge in [0.05, 0.1) is 18.5 Å². The summed E-state index contributed by atoms with van der Waals surface area (Å²) in [4.78, 5) is 33.3. The van der Waals surface area contributed by atoms with Crippen molar-refractivity contribution in [2.45, 2.75) is 193 Å². The molecule has 2 saturated heterocycles. The SMILES string of the molecule is C=C1[C@H](n2cnc3c(=O)[nH]c(NC(=O)CCCCCCCCCCCCCCC)cc32)O[C@@H]2CO[Si](C(C)C)(C(C)C)O[Si](C(C)C)(C(C)C)O[C@@H]12. The number of anilines is 1. The number of carbonyl (C=O) groups excluding carboxylic acids is 1. The van der Waals surface area contributed by atoms with Crippen molar-refractivity contribution >= 4 is 39.9 Å². The first-order valence-corrected chi connectivity index (χ1v) is 24.5. The van der Waals surface area contributed by atoms with Gasteiger partial charge in [0.2, 0.25) is 5.91 Å². The first kappa shape index (κ1) is 42.6. The number of hydrogen-bond acceptors (Lipinski definition) is 7. The van der Waals surface area contributed by atoms with Crippen LogP contribution in [0.1, 0.15) is 158 Å². The van der Waals surface area contributed by atoms with Crippen LogP contribution in [0.5, 0.6) is 0 Å². The first-order chi connectivity index (χ1) is 24.8. The van der Waals surface area contributed by atoms with Crippen LogP contribution in [0.4, 0.5) is 5.82 Å². The minimum Gasteiger partial charge on any atom is -0.414 e. The van der Waals surface area contributed by atoms with E-state index in [0.717, 1.165) is 24.8 Å². The summed E-state index contributed by atoms with van der Waals surface area (Å²) >= 11 is 0. The van der Waals surface area contributed by atoms with Crippen molar-refractivity contribution in [1.82, 2.24) is 14.5 Å². The second-order valence-corrected chi connectivity index (χ2v) is 25.4. The van der Waals surface area contributed by atoms with Crippen molar-refractivity contribution in [3.63, 3.8) is 0 Å². The molecule has 2 N–H and O–H groups in total. The largest absolute Gasteiger partial charge is 0.414 e. The normalized spacial score (nSPS) is 21.7. The third-order valence-corrected chi connectivity index (χ3v) is 21.5. The summed E-state index contributed by atoms with van der Waals surface area (Å²) in [6, 6.07) is 1.76. The molecule has 10 nitrogen and oxygen atoms in total. The van der Waals surface area contributed by atoms with E-state index in [9.17, 15) is 9.59 Å². The maximum Gasteiger partial charge on any atom is 0.335 e. The smallest absolute Gasteiger partial charge is 0.335 e. The Balaban J connectivity index is 1.39. The lowest BCUT2D eigenvalue weighted by Crippen LogP contribution is -2.65. The third kappa shape index (κ3) is 9.95. The molecule has 294 valence electrons. The van der Waals surface area contributed by atoms with Crippen LogP contribution in [0.25, 0.3) is 11.0 Å². The highest BCUT2D eigenvalue weighted by Gasteiger charge is 2.60. The maximum atomic E-state index is 13.2. The van der Waals surface area contributed by atoms with E-state index < -0.39 is 35.6 Å². The van der Waals surface area contributed by atoms with E-state index >= 15 is 0 Å². The molecule has 4 heterocycles. The molecule has 12 heteroatoms. The van der Waals surface area contributed by atoms with E-state index in [2.05, 4.69) is 84.2 Å². The summed E-state index contributed by atoms with van der Waals surface area (Å²) in [5.41, 5.74) is 1.99. The van der Waals surface area contributed by atoms with Gasteiger partial charge in [-0.05, 0) is 28.6 Å². The highest BCUT2D eigenvalue weighted by molar-refractivity contribution is 6.84. The summed E-state index contributed by atoms with van der Waals surface area (Å²) < 4.78 is 30.0. The van der Waals surface area contributed by atoms with Gasteiger partial charge in [0.1, 0.15) is 18.0 Å². The Kier molecular flexibility index (Phi) is 16.0. The summed E-state index contributed by atoms with van der Waals surface area (Å²) in [5, 5.41) is 2.92. The van der Waals surface area contributed by atoms with E-state index in [-0.39, 0.29) is 39.1 Å². The molecule has 2 aromatic heterocycles. The van der Waals surface area contributed by atoms with Gasteiger partial charge < -0.3 is 28.0 Å². The number of aromatic nitrogens is 3. The number of H-pyrrole nitrogens is 1. The van der Waals surface area contributed by atoms with Crippen LogP contribution in [0.15, 0.2) is 29.3 Å². The van der Waals surface area contributed by atoms with Crippen LogP contribution in [0.3, 0.4) is 0 Å². The second kappa shape index (κ2) is 19.5. The molecule has 0 radical (unpaired) electrons. The molecular weight excluding hydrogens is 689 g/mol. The zero-order valence-corrected chi connectivity index (χ0v) is 35.9. The first-order valence-electron chi connectivity index (χ1n) is 20.5. The number of nitrogens with one attached hydrogen (secondary N) is 2. The zero-order valence-electron chi connectivity index (χ0n) is 33.9. The van der Waals surface area contributed by atoms with Crippen LogP contribution < -0.4 is 10.9 Å². The maximum absolute atomic E-state index is 13.2. The van der Waals surface area contributed by atoms with Crippen molar-refractivity contribution in [2.24, 2.45) is 0 Å². The predicted molar refractivity (Wildman–Crippen MR) is 216 cm³/mol. The van der Waals surface area contributed by atoms with E-state index in [1.54, 1.807) is 12.4 Å². The van der Waals surface area contributed by atoms with Gasteiger partial charge in [-0.1, -0.05) is 146 Å². The van der Waals surface area contributed by atoms with Gasteiger partial charge in [-0.15, -0.1) is 0 Å². The number of unbranched alkanes of at least 4 members (excludes halogenated alkanes) is 12. The molecule has 0 aliphatic carbocycles. The van der Waals surface area contributed by atoms with Gasteiger partial charge >= 0.3 is 17.1 Å². The van der Waals surface area contributed by atoms with Crippen molar-refractivity contribution in [3.05, 3.63) is 34.9 Å². The van der Waals surface area contributed by atoms with Gasteiger partial charge in [-0.25, -0.2) is 4.98 Å². The molecule has 2 aliphatic rings. The Bertz CT molecular complexity index is 1490. The fraction of sp³-hybridized carbons (Fsp3) is 0.775. The Morgan fingerprint density at radius 2 is 1.42 bits per heavy atom. The molecule has 0 spiro atoms. The monoisotopic (exact) mass is 758 g/mol. The number of pyridine rings is 1. The fourth-order valence-corrected chi connectivity index (χ4v) is 19.4. The molecule has 0 bridgehead atoms. The van der Waals surface area contributed by atoms with Crippen molar-refractivity contribution < 1.29 is 22.5 Å². The lowest BCUT2D eigenvalue weighted by Gasteiger charge is -2.51. The molecule has 4 rings (SSSR count). The molecule has 2 fully saturated rings. The number of fused-ring (bicyclic) bond motifs is 2.